The molecule has 2 aromatic carbocycles. The molecule has 8 nitrogen and oxygen atoms in total. The third-order valence-corrected chi connectivity index (χ3v) is 6.90. The van der Waals surface area contributed by atoms with Crippen molar-refractivity contribution in [1.82, 2.24) is 5.32 Å². The standard InChI is InChI=1S/C35H45NO7Si/c1-24(32(38)39)29-20-25(18-27(21-29)15-16-30(34(2,3)4)43-44(8)9)14-11-17-41-31(37)22-26-12-10-13-28(19-26)23-36-33(40)42-35(5,6)7/h10,12-13,18-21,24,30,44H,17,22-23H2,1-9H3,(H,36,40)(H,38,39). The number of benzene rings is 2. The van der Waals surface area contributed by atoms with Gasteiger partial charge >= 0.3 is 18.0 Å². The highest BCUT2D eigenvalue weighted by atomic mass is 28.3. The molecule has 0 aromatic heterocycles. The molecule has 0 aliphatic carbocycles. The number of rotatable bonds is 9. The van der Waals surface area contributed by atoms with Gasteiger partial charge in [0.15, 0.2) is 15.6 Å². The van der Waals surface area contributed by atoms with Gasteiger partial charge in [0.25, 0.3) is 0 Å². The van der Waals surface area contributed by atoms with Crippen LogP contribution in [0.15, 0.2) is 42.5 Å². The van der Waals surface area contributed by atoms with E-state index in [4.69, 9.17) is 13.9 Å². The fourth-order valence-corrected chi connectivity index (χ4v) is 4.90. The summed E-state index contributed by atoms with van der Waals surface area (Å²) in [5.41, 5.74) is 2.59. The zero-order chi connectivity index (χ0) is 33.1. The van der Waals surface area contributed by atoms with Crippen molar-refractivity contribution in [1.29, 1.82) is 0 Å². The van der Waals surface area contributed by atoms with Crippen LogP contribution in [-0.4, -0.2) is 50.5 Å². The molecule has 9 heteroatoms. The van der Waals surface area contributed by atoms with Crippen molar-refractivity contribution in [2.45, 2.75) is 92.1 Å². The van der Waals surface area contributed by atoms with Gasteiger partial charge in [0.1, 0.15) is 11.7 Å². The van der Waals surface area contributed by atoms with Gasteiger partial charge in [-0.3, -0.25) is 9.59 Å². The van der Waals surface area contributed by atoms with Gasteiger partial charge in [-0.15, -0.1) is 0 Å². The summed E-state index contributed by atoms with van der Waals surface area (Å²) in [5.74, 6) is 10.1. The first-order valence-electron chi connectivity index (χ1n) is 14.7. The molecule has 236 valence electrons. The van der Waals surface area contributed by atoms with E-state index in [2.05, 4.69) is 62.9 Å². The first-order valence-corrected chi connectivity index (χ1v) is 17.4. The number of carbonyl (C=O) groups is 3. The fraction of sp³-hybridized carbons (Fsp3) is 0.457. The van der Waals surface area contributed by atoms with Gasteiger partial charge in [0.05, 0.1) is 12.3 Å². The highest BCUT2D eigenvalue weighted by Gasteiger charge is 2.24. The van der Waals surface area contributed by atoms with Crippen molar-refractivity contribution in [3.8, 4) is 23.7 Å². The molecule has 0 bridgehead atoms. The van der Waals surface area contributed by atoms with Crippen LogP contribution in [0.4, 0.5) is 4.79 Å². The van der Waals surface area contributed by atoms with Crippen molar-refractivity contribution in [2.24, 2.45) is 5.41 Å². The van der Waals surface area contributed by atoms with Crippen LogP contribution in [0.5, 0.6) is 0 Å². The third-order valence-electron chi connectivity index (χ3n) is 6.08. The number of carbonyl (C=O) groups excluding carboxylic acids is 2. The number of esters is 1. The highest BCUT2D eigenvalue weighted by Crippen LogP contribution is 2.23. The average Bonchev–Trinajstić information content (AvgIpc) is 2.90. The molecule has 2 atom stereocenters. The van der Waals surface area contributed by atoms with Crippen LogP contribution in [0.3, 0.4) is 0 Å². The number of amides is 1. The normalized spacial score (nSPS) is 12.6. The second kappa shape index (κ2) is 16.1. The maximum Gasteiger partial charge on any atom is 0.407 e. The number of alkyl carbamates (subject to hydrolysis) is 1. The average molecular weight is 620 g/mol. The number of ether oxygens (including phenoxy) is 2. The summed E-state index contributed by atoms with van der Waals surface area (Å²) in [7, 11) is -1.33. The molecule has 0 spiro atoms. The zero-order valence-corrected chi connectivity index (χ0v) is 28.4. The Bertz CT molecular complexity index is 1450. The van der Waals surface area contributed by atoms with Crippen LogP contribution in [-0.2, 0) is 36.5 Å². The largest absolute Gasteiger partial charge is 0.481 e. The molecule has 2 rings (SSSR count). The Morgan fingerprint density at radius 2 is 1.59 bits per heavy atom. The monoisotopic (exact) mass is 619 g/mol. The molecule has 0 heterocycles. The molecule has 2 N–H and O–H groups in total. The van der Waals surface area contributed by atoms with E-state index in [1.165, 1.54) is 0 Å². The molecule has 2 aromatic rings. The van der Waals surface area contributed by atoms with E-state index in [9.17, 15) is 19.5 Å². The maximum absolute atomic E-state index is 12.5. The summed E-state index contributed by atoms with van der Waals surface area (Å²) in [5, 5.41) is 12.3. The van der Waals surface area contributed by atoms with E-state index < -0.39 is 38.6 Å². The predicted octanol–water partition coefficient (Wildman–Crippen LogP) is 5.80. The molecule has 44 heavy (non-hydrogen) atoms. The minimum absolute atomic E-state index is 0.0452. The Morgan fingerprint density at radius 1 is 0.955 bits per heavy atom. The number of carboxylic acid groups (broad SMARTS) is 1. The molecule has 0 aliphatic rings. The van der Waals surface area contributed by atoms with E-state index in [1.54, 1.807) is 58.0 Å². The molecule has 0 aliphatic heterocycles. The van der Waals surface area contributed by atoms with E-state index in [-0.39, 0.29) is 31.1 Å². The Morgan fingerprint density at radius 3 is 2.18 bits per heavy atom. The Hall–Kier alpha value is -4.05. The first kappa shape index (κ1) is 36.1. The Labute approximate surface area is 263 Å². The maximum atomic E-state index is 12.5. The summed E-state index contributed by atoms with van der Waals surface area (Å²) in [6.07, 6.45) is -0.729. The summed E-state index contributed by atoms with van der Waals surface area (Å²) < 4.78 is 16.7. The zero-order valence-electron chi connectivity index (χ0n) is 27.3. The van der Waals surface area contributed by atoms with Gasteiger partial charge in [0, 0.05) is 17.7 Å². The molecule has 2 unspecified atom stereocenters. The lowest BCUT2D eigenvalue weighted by molar-refractivity contribution is -0.141. The number of aliphatic carboxylic acids is 1. The van der Waals surface area contributed by atoms with Crippen LogP contribution in [0.25, 0.3) is 0 Å². The van der Waals surface area contributed by atoms with Gasteiger partial charge in [-0.25, -0.2) is 4.79 Å². The third kappa shape index (κ3) is 13.5. The summed E-state index contributed by atoms with van der Waals surface area (Å²) in [6.45, 7) is 17.5. The van der Waals surface area contributed by atoms with Gasteiger partial charge < -0.3 is 24.3 Å². The van der Waals surface area contributed by atoms with Crippen LogP contribution in [0.2, 0.25) is 13.1 Å². The number of hydrogen-bond acceptors (Lipinski definition) is 6. The Kier molecular flexibility index (Phi) is 13.3. The van der Waals surface area contributed by atoms with Crippen molar-refractivity contribution < 1.29 is 33.4 Å². The molecule has 0 radical (unpaired) electrons. The molecule has 0 saturated carbocycles. The lowest BCUT2D eigenvalue weighted by atomic mass is 9.89. The van der Waals surface area contributed by atoms with Crippen LogP contribution in [0.1, 0.15) is 82.2 Å². The van der Waals surface area contributed by atoms with Gasteiger partial charge in [0.2, 0.25) is 0 Å². The second-order valence-corrected chi connectivity index (χ2v) is 15.3. The molecule has 0 fully saturated rings. The minimum Gasteiger partial charge on any atom is -0.481 e. The quantitative estimate of drug-likeness (QED) is 0.207. The van der Waals surface area contributed by atoms with Crippen molar-refractivity contribution in [2.75, 3.05) is 6.61 Å². The summed E-state index contributed by atoms with van der Waals surface area (Å²) in [6, 6.07) is 12.6. The number of nitrogens with one attached hydrogen (secondary N) is 1. The topological polar surface area (TPSA) is 111 Å². The SMILES string of the molecule is CC(C(=O)O)c1cc(C#CCOC(=O)Cc2cccc(CNC(=O)OC(C)(C)C)c2)cc(C#CC(O[SiH](C)C)C(C)(C)C)c1. The van der Waals surface area contributed by atoms with E-state index >= 15 is 0 Å². The van der Waals surface area contributed by atoms with Crippen LogP contribution >= 0.6 is 0 Å². The second-order valence-electron chi connectivity index (χ2n) is 12.9. The van der Waals surface area contributed by atoms with E-state index in [0.29, 0.717) is 16.7 Å². The van der Waals surface area contributed by atoms with Crippen LogP contribution < -0.4 is 5.32 Å². The van der Waals surface area contributed by atoms with Crippen LogP contribution in [0, 0.1) is 29.1 Å². The summed E-state index contributed by atoms with van der Waals surface area (Å²) in [4.78, 5) is 36.1. The number of hydrogen-bond donors (Lipinski definition) is 2. The predicted molar refractivity (Wildman–Crippen MR) is 174 cm³/mol. The minimum atomic E-state index is -1.33. The molecular weight excluding hydrogens is 574 g/mol. The van der Waals surface area contributed by atoms with Gasteiger partial charge in [-0.1, -0.05) is 68.7 Å². The summed E-state index contributed by atoms with van der Waals surface area (Å²) >= 11 is 0. The van der Waals surface area contributed by atoms with Crippen molar-refractivity contribution >= 4 is 27.1 Å². The molecule has 0 saturated heterocycles. The first-order chi connectivity index (χ1) is 20.4. The fourth-order valence-electron chi connectivity index (χ4n) is 3.87. The van der Waals surface area contributed by atoms with Crippen molar-refractivity contribution in [3.63, 3.8) is 0 Å². The van der Waals surface area contributed by atoms with Gasteiger partial charge in [-0.2, -0.15) is 0 Å². The smallest absolute Gasteiger partial charge is 0.407 e. The van der Waals surface area contributed by atoms with Gasteiger partial charge in [-0.05, 0) is 81.1 Å². The lowest BCUT2D eigenvalue weighted by Crippen LogP contribution is -2.32. The van der Waals surface area contributed by atoms with E-state index in [1.807, 2.05) is 12.1 Å². The lowest BCUT2D eigenvalue weighted by Gasteiger charge is -2.28. The highest BCUT2D eigenvalue weighted by molar-refractivity contribution is 6.48. The molecular formula is C35H45NO7Si. The molecule has 1 amide bonds. The van der Waals surface area contributed by atoms with E-state index in [0.717, 1.165) is 11.1 Å². The Balaban J connectivity index is 2.10. The number of carboxylic acids is 1. The van der Waals surface area contributed by atoms with Crippen molar-refractivity contribution in [3.05, 3.63) is 70.3 Å².